The van der Waals surface area contributed by atoms with Gasteiger partial charge in [0.2, 0.25) is 0 Å². The first-order valence-corrected chi connectivity index (χ1v) is 16.5. The Hall–Kier alpha value is -4.27. The minimum Gasteiger partial charge on any atom is -0.480 e. The van der Waals surface area contributed by atoms with Crippen molar-refractivity contribution < 1.29 is 45.2 Å². The topological polar surface area (TPSA) is 97.6 Å². The van der Waals surface area contributed by atoms with Gasteiger partial charge < -0.3 is 15.2 Å². The third kappa shape index (κ3) is 7.66. The average molecular weight is 707 g/mol. The van der Waals surface area contributed by atoms with E-state index in [1.54, 1.807) is 30.3 Å². The van der Waals surface area contributed by atoms with Gasteiger partial charge in [-0.25, -0.2) is 18.0 Å². The van der Waals surface area contributed by atoms with Gasteiger partial charge in [0, 0.05) is 31.0 Å². The molecule has 0 spiro atoms. The normalized spacial score (nSPS) is 16.8. The van der Waals surface area contributed by atoms with Crippen LogP contribution < -0.4 is 10.9 Å². The highest BCUT2D eigenvalue weighted by molar-refractivity contribution is 7.85. The van der Waals surface area contributed by atoms with E-state index >= 15 is 4.39 Å². The molecule has 0 fully saturated rings. The molecule has 2 N–H and O–H groups in total. The third-order valence-corrected chi connectivity index (χ3v) is 9.94. The van der Waals surface area contributed by atoms with Crippen LogP contribution >= 0.6 is 0 Å². The Morgan fingerprint density at radius 2 is 1.73 bits per heavy atom. The predicted octanol–water partition coefficient (Wildman–Crippen LogP) is 6.78. The minimum atomic E-state index is -4.93. The number of fused-ring (bicyclic) bond motifs is 1. The summed E-state index contributed by atoms with van der Waals surface area (Å²) in [5.74, 6) is -5.78. The number of halogens is 6. The predicted molar refractivity (Wildman–Crippen MR) is 171 cm³/mol. The third-order valence-electron chi connectivity index (χ3n) is 8.42. The highest BCUT2D eigenvalue weighted by atomic mass is 32.2. The number of aliphatic carboxylic acids is 1. The lowest BCUT2D eigenvalue weighted by Crippen LogP contribution is -2.37. The average Bonchev–Trinajstić information content (AvgIpc) is 3.37. The fraction of sp³-hybridized carbons (Fsp3) is 0.314. The van der Waals surface area contributed by atoms with Crippen molar-refractivity contribution in [3.05, 3.63) is 122 Å². The quantitative estimate of drug-likeness (QED) is 0.125. The largest absolute Gasteiger partial charge is 0.480 e. The van der Waals surface area contributed by atoms with Crippen molar-refractivity contribution in [2.45, 2.75) is 49.5 Å². The molecule has 0 bridgehead atoms. The number of pyridine rings is 1. The van der Waals surface area contributed by atoms with Crippen LogP contribution in [0.3, 0.4) is 0 Å². The molecule has 2 heterocycles. The lowest BCUT2D eigenvalue weighted by molar-refractivity contribution is -0.142. The molecule has 1 aromatic heterocycles. The van der Waals surface area contributed by atoms with Crippen LogP contribution in [0.2, 0.25) is 0 Å². The zero-order chi connectivity index (χ0) is 35.7. The van der Waals surface area contributed by atoms with Gasteiger partial charge in [0.25, 0.3) is 11.5 Å². The number of carboxylic acid groups (broad SMARTS) is 1. The number of nitrogens with one attached hydrogen (secondary N) is 1. The maximum absolute atomic E-state index is 15.2. The molecule has 49 heavy (non-hydrogen) atoms. The van der Waals surface area contributed by atoms with Gasteiger partial charge in [0.05, 0.1) is 46.4 Å². The number of hydrogen-bond donors (Lipinski definition) is 2. The van der Waals surface area contributed by atoms with Crippen molar-refractivity contribution >= 4 is 16.8 Å². The summed E-state index contributed by atoms with van der Waals surface area (Å²) in [6.45, 7) is 1.62. The van der Waals surface area contributed by atoms with E-state index in [1.807, 2.05) is 0 Å². The second-order valence-electron chi connectivity index (χ2n) is 11.7. The molecule has 1 aliphatic heterocycles. The molecule has 7 nitrogen and oxygen atoms in total. The second kappa shape index (κ2) is 14.3. The van der Waals surface area contributed by atoms with Crippen molar-refractivity contribution in [2.24, 2.45) is 0 Å². The van der Waals surface area contributed by atoms with E-state index < -0.39 is 82.0 Å². The molecule has 3 aromatic carbocycles. The van der Waals surface area contributed by atoms with E-state index in [9.17, 15) is 35.8 Å². The molecule has 260 valence electrons. The van der Waals surface area contributed by atoms with Crippen LogP contribution in [0.25, 0.3) is 11.1 Å². The number of benzene rings is 3. The van der Waals surface area contributed by atoms with Crippen LogP contribution in [-0.4, -0.2) is 45.4 Å². The fourth-order valence-corrected chi connectivity index (χ4v) is 7.94. The van der Waals surface area contributed by atoms with Crippen molar-refractivity contribution in [2.75, 3.05) is 25.5 Å². The molecule has 0 amide bonds. The number of ether oxygens (including phenoxy) is 1. The van der Waals surface area contributed by atoms with E-state index in [1.165, 1.54) is 29.7 Å². The van der Waals surface area contributed by atoms with Crippen LogP contribution in [-0.2, 0) is 38.9 Å². The molecule has 0 saturated heterocycles. The summed E-state index contributed by atoms with van der Waals surface area (Å²) in [4.78, 5) is 25.5. The maximum atomic E-state index is 15.2. The van der Waals surface area contributed by atoms with Gasteiger partial charge in [-0.3, -0.25) is 13.6 Å². The highest BCUT2D eigenvalue weighted by Gasteiger charge is 2.41. The van der Waals surface area contributed by atoms with Crippen molar-refractivity contribution in [1.29, 1.82) is 0 Å². The molecule has 14 heteroatoms. The SMILES string of the molecule is Cc1c(Cc2c(F)cccc2C(F)(F)F)c2n(c(=O)c1-c1cccc(C(C)(F)F)c1)C(C(NCCOCC(=O)O)c1ccccc1)CS2=O. The Kier molecular flexibility index (Phi) is 10.5. The minimum absolute atomic E-state index is 0.0105. The van der Waals surface area contributed by atoms with Crippen LogP contribution in [0.15, 0.2) is 82.6 Å². The first kappa shape index (κ1) is 36.0. The molecule has 0 aliphatic carbocycles. The molecule has 3 unspecified atom stereocenters. The van der Waals surface area contributed by atoms with Crippen LogP contribution in [0.1, 0.15) is 52.4 Å². The van der Waals surface area contributed by atoms with Crippen LogP contribution in [0, 0.1) is 12.7 Å². The summed E-state index contributed by atoms with van der Waals surface area (Å²) < 4.78 is 107. The van der Waals surface area contributed by atoms with Crippen molar-refractivity contribution in [3.8, 4) is 11.1 Å². The van der Waals surface area contributed by atoms with Gasteiger partial charge >= 0.3 is 12.1 Å². The zero-order valence-corrected chi connectivity index (χ0v) is 27.1. The molecule has 1 aliphatic rings. The Bertz CT molecular complexity index is 1940. The number of carbonyl (C=O) groups is 1. The Morgan fingerprint density at radius 1 is 1.04 bits per heavy atom. The summed E-state index contributed by atoms with van der Waals surface area (Å²) >= 11 is 0. The van der Waals surface area contributed by atoms with Gasteiger partial charge in [-0.15, -0.1) is 0 Å². The lowest BCUT2D eigenvalue weighted by Gasteiger charge is -2.28. The Labute approximate surface area is 280 Å². The summed E-state index contributed by atoms with van der Waals surface area (Å²) in [6.07, 6.45) is -5.62. The molecule has 4 aromatic rings. The van der Waals surface area contributed by atoms with Gasteiger partial charge in [-0.05, 0) is 47.4 Å². The standard InChI is InChI=1S/C35H32F6N2O5S/c1-20-24(17-25-26(35(39,40)41)12-7-13-27(25)36)33-43(32(46)30(20)22-10-6-11-23(16-22)34(2,37)38)28(19-49(33)47)31(21-8-4-3-5-9-21)42-14-15-48-18-29(44)45/h3-13,16,28,31,42H,14-15,17-19H2,1-2H3,(H,44,45). The lowest BCUT2D eigenvalue weighted by atomic mass is 9.91. The number of nitrogens with zero attached hydrogens (tertiary/aromatic N) is 1. The van der Waals surface area contributed by atoms with Crippen LogP contribution in [0.5, 0.6) is 0 Å². The summed E-state index contributed by atoms with van der Waals surface area (Å²) in [7, 11) is -1.97. The maximum Gasteiger partial charge on any atom is 0.416 e. The van der Waals surface area contributed by atoms with E-state index in [0.29, 0.717) is 12.5 Å². The number of carboxylic acids is 1. The number of hydrogen-bond acceptors (Lipinski definition) is 5. The number of aromatic nitrogens is 1. The van der Waals surface area contributed by atoms with Gasteiger partial charge in [-0.2, -0.15) is 13.2 Å². The number of alkyl halides is 5. The van der Waals surface area contributed by atoms with E-state index in [-0.39, 0.29) is 46.2 Å². The first-order chi connectivity index (χ1) is 23.1. The smallest absolute Gasteiger partial charge is 0.416 e. The van der Waals surface area contributed by atoms with Crippen LogP contribution in [0.4, 0.5) is 26.3 Å². The monoisotopic (exact) mass is 706 g/mol. The second-order valence-corrected chi connectivity index (χ2v) is 13.1. The number of rotatable bonds is 12. The molecule has 0 saturated carbocycles. The molecular formula is C35H32F6N2O5S. The Balaban J connectivity index is 1.75. The molecule has 3 atom stereocenters. The van der Waals surface area contributed by atoms with E-state index in [0.717, 1.165) is 24.3 Å². The highest BCUT2D eigenvalue weighted by Crippen LogP contribution is 2.41. The van der Waals surface area contributed by atoms with Gasteiger partial charge in [-0.1, -0.05) is 54.6 Å². The molecule has 5 rings (SSSR count). The van der Waals surface area contributed by atoms with E-state index in [4.69, 9.17) is 9.84 Å². The Morgan fingerprint density at radius 3 is 2.39 bits per heavy atom. The van der Waals surface area contributed by atoms with Crippen molar-refractivity contribution in [1.82, 2.24) is 9.88 Å². The summed E-state index contributed by atoms with van der Waals surface area (Å²) in [5.41, 5.74) is -2.37. The van der Waals surface area contributed by atoms with E-state index in [2.05, 4.69) is 5.32 Å². The first-order valence-electron chi connectivity index (χ1n) is 15.2. The van der Waals surface area contributed by atoms with Crippen molar-refractivity contribution in [3.63, 3.8) is 0 Å². The van der Waals surface area contributed by atoms with Gasteiger partial charge in [0.15, 0.2) is 0 Å². The summed E-state index contributed by atoms with van der Waals surface area (Å²) in [6, 6.07) is 14.7. The fourth-order valence-electron chi connectivity index (χ4n) is 6.19. The van der Waals surface area contributed by atoms with Gasteiger partial charge in [0.1, 0.15) is 17.5 Å². The zero-order valence-electron chi connectivity index (χ0n) is 26.3. The molecule has 0 radical (unpaired) electrons. The molecular weight excluding hydrogens is 674 g/mol. The summed E-state index contributed by atoms with van der Waals surface area (Å²) in [5, 5.41) is 12.1.